The monoisotopic (exact) mass is 324 g/mol. The second-order valence-corrected chi connectivity index (χ2v) is 6.77. The summed E-state index contributed by atoms with van der Waals surface area (Å²) in [6.07, 6.45) is 1.68. The van der Waals surface area contributed by atoms with Crippen molar-refractivity contribution in [2.24, 2.45) is 5.92 Å². The first-order valence-electron chi connectivity index (χ1n) is 8.08. The number of carbonyl (C=O) groups is 1. The van der Waals surface area contributed by atoms with E-state index in [0.717, 1.165) is 6.42 Å². The van der Waals surface area contributed by atoms with Crippen molar-refractivity contribution in [3.05, 3.63) is 35.4 Å². The van der Waals surface area contributed by atoms with Crippen LogP contribution in [-0.2, 0) is 5.41 Å². The van der Waals surface area contributed by atoms with Gasteiger partial charge in [0.15, 0.2) is 0 Å². The molecule has 0 unspecified atom stereocenters. The minimum Gasteiger partial charge on any atom is -0.393 e. The smallest absolute Gasteiger partial charge is 0.317 e. The zero-order valence-corrected chi connectivity index (χ0v) is 13.2. The van der Waals surface area contributed by atoms with Gasteiger partial charge in [-0.2, -0.15) is 0 Å². The van der Waals surface area contributed by atoms with E-state index in [4.69, 9.17) is 0 Å². The number of nitrogens with one attached hydrogen (secondary N) is 1. The van der Waals surface area contributed by atoms with Crippen LogP contribution in [0.2, 0.25) is 0 Å². The minimum absolute atomic E-state index is 0.0866. The number of aliphatic hydroxyl groups excluding tert-OH is 1. The summed E-state index contributed by atoms with van der Waals surface area (Å²) in [5.41, 5.74) is -0.530. The van der Waals surface area contributed by atoms with E-state index >= 15 is 0 Å². The maximum absolute atomic E-state index is 14.0. The van der Waals surface area contributed by atoms with Gasteiger partial charge < -0.3 is 15.3 Å². The van der Waals surface area contributed by atoms with Crippen LogP contribution in [0.15, 0.2) is 18.2 Å². The van der Waals surface area contributed by atoms with Gasteiger partial charge >= 0.3 is 6.03 Å². The van der Waals surface area contributed by atoms with E-state index in [1.54, 1.807) is 11.8 Å². The summed E-state index contributed by atoms with van der Waals surface area (Å²) in [4.78, 5) is 13.9. The lowest BCUT2D eigenvalue weighted by molar-refractivity contribution is 0.129. The van der Waals surface area contributed by atoms with Crippen molar-refractivity contribution < 1.29 is 18.7 Å². The molecule has 4 nitrogen and oxygen atoms in total. The third kappa shape index (κ3) is 3.17. The summed E-state index contributed by atoms with van der Waals surface area (Å²) >= 11 is 0. The molecule has 0 aromatic heterocycles. The predicted octanol–water partition coefficient (Wildman–Crippen LogP) is 2.41. The van der Waals surface area contributed by atoms with Crippen LogP contribution in [0.4, 0.5) is 13.6 Å². The number of amides is 2. The molecule has 1 aliphatic heterocycles. The van der Waals surface area contributed by atoms with Crippen LogP contribution in [0.25, 0.3) is 0 Å². The lowest BCUT2D eigenvalue weighted by Crippen LogP contribution is -2.42. The molecule has 3 rings (SSSR count). The van der Waals surface area contributed by atoms with Crippen molar-refractivity contribution in [3.63, 3.8) is 0 Å². The first-order chi connectivity index (χ1) is 10.9. The Hall–Kier alpha value is -1.69. The molecule has 126 valence electrons. The number of urea groups is 1. The number of aliphatic hydroxyl groups is 1. The fourth-order valence-corrected chi connectivity index (χ4v) is 3.39. The third-order valence-corrected chi connectivity index (χ3v) is 5.12. The molecule has 2 atom stereocenters. The summed E-state index contributed by atoms with van der Waals surface area (Å²) in [6.45, 7) is 3.08. The summed E-state index contributed by atoms with van der Waals surface area (Å²) in [6, 6.07) is 3.64. The molecule has 2 N–H and O–H groups in total. The maximum atomic E-state index is 14.0. The Labute approximate surface area is 134 Å². The minimum atomic E-state index is -0.617. The second kappa shape index (κ2) is 6.07. The standard InChI is InChI=1S/C17H22F2N2O2/c1-11(22)12-5-8-21(9-12)16(23)20-10-17(6-7-17)15-13(18)3-2-4-14(15)19/h2-4,11-12,22H,5-10H2,1H3,(H,20,23)/t11-,12+/m0/s1. The number of halogens is 2. The Bertz CT molecular complexity index is 582. The van der Waals surface area contributed by atoms with Crippen LogP contribution >= 0.6 is 0 Å². The van der Waals surface area contributed by atoms with E-state index in [1.165, 1.54) is 18.2 Å². The van der Waals surface area contributed by atoms with E-state index < -0.39 is 23.2 Å². The van der Waals surface area contributed by atoms with Crippen LogP contribution in [0, 0.1) is 17.6 Å². The van der Waals surface area contributed by atoms with E-state index in [2.05, 4.69) is 5.32 Å². The number of hydrogen-bond donors (Lipinski definition) is 2. The lowest BCUT2D eigenvalue weighted by atomic mass is 9.94. The number of benzene rings is 1. The number of likely N-dealkylation sites (tertiary alicyclic amines) is 1. The molecule has 1 aromatic rings. The maximum Gasteiger partial charge on any atom is 0.317 e. The number of hydrogen-bond acceptors (Lipinski definition) is 2. The van der Waals surface area contributed by atoms with Gasteiger partial charge in [-0.3, -0.25) is 0 Å². The molecule has 1 saturated heterocycles. The summed E-state index contributed by atoms with van der Waals surface area (Å²) in [5, 5.41) is 12.4. The van der Waals surface area contributed by atoms with Gasteiger partial charge in [0.2, 0.25) is 0 Å². The summed E-state index contributed by atoms with van der Waals surface area (Å²) in [7, 11) is 0. The predicted molar refractivity (Wildman–Crippen MR) is 82.0 cm³/mol. The van der Waals surface area contributed by atoms with Gasteiger partial charge in [0.25, 0.3) is 0 Å². The topological polar surface area (TPSA) is 52.6 Å². The largest absolute Gasteiger partial charge is 0.393 e. The molecule has 2 aliphatic rings. The third-order valence-electron chi connectivity index (χ3n) is 5.12. The molecule has 0 radical (unpaired) electrons. The van der Waals surface area contributed by atoms with E-state index in [1.807, 2.05) is 0 Å². The highest BCUT2D eigenvalue weighted by molar-refractivity contribution is 5.74. The Morgan fingerprint density at radius 2 is 2.09 bits per heavy atom. The Morgan fingerprint density at radius 1 is 1.43 bits per heavy atom. The molecule has 1 heterocycles. The van der Waals surface area contributed by atoms with Gasteiger partial charge in [-0.05, 0) is 38.3 Å². The highest BCUT2D eigenvalue weighted by Crippen LogP contribution is 2.49. The van der Waals surface area contributed by atoms with Crippen molar-refractivity contribution in [1.29, 1.82) is 0 Å². The average molecular weight is 324 g/mol. The van der Waals surface area contributed by atoms with E-state index in [0.29, 0.717) is 25.9 Å². The molecule has 0 spiro atoms. The number of rotatable bonds is 4. The molecular formula is C17H22F2N2O2. The van der Waals surface area contributed by atoms with Crippen LogP contribution in [0.1, 0.15) is 31.7 Å². The Balaban J connectivity index is 1.61. The van der Waals surface area contributed by atoms with E-state index in [9.17, 15) is 18.7 Å². The number of nitrogens with zero attached hydrogens (tertiary/aromatic N) is 1. The molecular weight excluding hydrogens is 302 g/mol. The van der Waals surface area contributed by atoms with Gasteiger partial charge in [-0.1, -0.05) is 6.07 Å². The summed E-state index contributed by atoms with van der Waals surface area (Å²) < 4.78 is 27.9. The highest BCUT2D eigenvalue weighted by atomic mass is 19.1. The highest BCUT2D eigenvalue weighted by Gasteiger charge is 2.48. The molecule has 2 amide bonds. The Morgan fingerprint density at radius 3 is 2.61 bits per heavy atom. The van der Waals surface area contributed by atoms with E-state index in [-0.39, 0.29) is 24.1 Å². The molecule has 0 bridgehead atoms. The van der Waals surface area contributed by atoms with Gasteiger partial charge in [0, 0.05) is 36.5 Å². The fraction of sp³-hybridized carbons (Fsp3) is 0.588. The fourth-order valence-electron chi connectivity index (χ4n) is 3.39. The van der Waals surface area contributed by atoms with Gasteiger partial charge in [-0.25, -0.2) is 13.6 Å². The zero-order valence-electron chi connectivity index (χ0n) is 13.2. The van der Waals surface area contributed by atoms with Gasteiger partial charge in [0.1, 0.15) is 11.6 Å². The SMILES string of the molecule is C[C@H](O)[C@@H]1CCN(C(=O)NCC2(c3c(F)cccc3F)CC2)C1. The first kappa shape index (κ1) is 16.2. The Kier molecular flexibility index (Phi) is 4.27. The van der Waals surface area contributed by atoms with Crippen molar-refractivity contribution >= 4 is 6.03 Å². The second-order valence-electron chi connectivity index (χ2n) is 6.77. The normalized spacial score (nSPS) is 23.7. The summed E-state index contributed by atoms with van der Waals surface area (Å²) in [5.74, 6) is -1.00. The number of carbonyl (C=O) groups excluding carboxylic acids is 1. The quantitative estimate of drug-likeness (QED) is 0.894. The van der Waals surface area contributed by atoms with Crippen molar-refractivity contribution in [1.82, 2.24) is 10.2 Å². The molecule has 1 aromatic carbocycles. The lowest BCUT2D eigenvalue weighted by Gasteiger charge is -2.22. The van der Waals surface area contributed by atoms with Crippen molar-refractivity contribution in [2.75, 3.05) is 19.6 Å². The van der Waals surface area contributed by atoms with Crippen molar-refractivity contribution in [2.45, 2.75) is 37.7 Å². The van der Waals surface area contributed by atoms with Gasteiger partial charge in [0.05, 0.1) is 6.10 Å². The molecule has 1 saturated carbocycles. The average Bonchev–Trinajstić information content (AvgIpc) is 3.10. The first-order valence-corrected chi connectivity index (χ1v) is 8.08. The van der Waals surface area contributed by atoms with Gasteiger partial charge in [-0.15, -0.1) is 0 Å². The molecule has 1 aliphatic carbocycles. The van der Waals surface area contributed by atoms with Crippen LogP contribution < -0.4 is 5.32 Å². The molecule has 2 fully saturated rings. The zero-order chi connectivity index (χ0) is 16.6. The molecule has 6 heteroatoms. The van der Waals surface area contributed by atoms with Crippen LogP contribution in [0.3, 0.4) is 0 Å². The van der Waals surface area contributed by atoms with Crippen LogP contribution in [0.5, 0.6) is 0 Å². The van der Waals surface area contributed by atoms with Crippen molar-refractivity contribution in [3.8, 4) is 0 Å². The van der Waals surface area contributed by atoms with Crippen LogP contribution in [-0.4, -0.2) is 41.8 Å². The molecule has 23 heavy (non-hydrogen) atoms.